The average molecular weight is 324 g/mol. The Morgan fingerprint density at radius 1 is 0.913 bits per heavy atom. The molecule has 0 N–H and O–H groups in total. The number of fused-ring (bicyclic) bond motifs is 2. The van der Waals surface area contributed by atoms with Gasteiger partial charge >= 0.3 is 0 Å². The van der Waals surface area contributed by atoms with Crippen molar-refractivity contribution < 1.29 is 0 Å². The van der Waals surface area contributed by atoms with Gasteiger partial charge in [-0.2, -0.15) is 0 Å². The van der Waals surface area contributed by atoms with E-state index >= 15 is 0 Å². The van der Waals surface area contributed by atoms with Gasteiger partial charge in [-0.3, -0.25) is 4.90 Å². The van der Waals surface area contributed by atoms with Gasteiger partial charge in [0.15, 0.2) is 0 Å². The lowest BCUT2D eigenvalue weighted by Crippen LogP contribution is -2.47. The van der Waals surface area contributed by atoms with Crippen LogP contribution < -0.4 is 0 Å². The summed E-state index contributed by atoms with van der Waals surface area (Å²) >= 11 is 1.94. The van der Waals surface area contributed by atoms with Crippen LogP contribution in [0.1, 0.15) is 24.1 Å². The van der Waals surface area contributed by atoms with Crippen LogP contribution >= 0.6 is 11.8 Å². The molecular formula is C20H24N2S. The molecule has 2 nitrogen and oxygen atoms in total. The van der Waals surface area contributed by atoms with Gasteiger partial charge in [-0.15, -0.1) is 0 Å². The zero-order chi connectivity index (χ0) is 15.6. The van der Waals surface area contributed by atoms with E-state index in [-0.39, 0.29) is 0 Å². The Bertz CT molecular complexity index is 677. The molecule has 0 saturated carbocycles. The number of likely N-dealkylation sites (N-methyl/N-ethyl adjacent to an activating group) is 1. The van der Waals surface area contributed by atoms with Gasteiger partial charge in [0.25, 0.3) is 0 Å². The van der Waals surface area contributed by atoms with Crippen molar-refractivity contribution in [3.05, 3.63) is 59.7 Å². The molecule has 3 heteroatoms. The second-order valence-electron chi connectivity index (χ2n) is 6.44. The molecule has 23 heavy (non-hydrogen) atoms. The average Bonchev–Trinajstić information content (AvgIpc) is 2.78. The molecule has 0 radical (unpaired) electrons. The van der Waals surface area contributed by atoms with E-state index in [1.807, 2.05) is 11.8 Å². The van der Waals surface area contributed by atoms with Crippen molar-refractivity contribution in [1.29, 1.82) is 0 Å². The van der Waals surface area contributed by atoms with Gasteiger partial charge in [0.05, 0.1) is 0 Å². The minimum absolute atomic E-state index is 0.515. The lowest BCUT2D eigenvalue weighted by Gasteiger charge is -2.39. The van der Waals surface area contributed by atoms with Crippen LogP contribution in [0.3, 0.4) is 0 Å². The third-order valence-electron chi connectivity index (χ3n) is 5.18. The number of piperazine rings is 1. The van der Waals surface area contributed by atoms with E-state index in [4.69, 9.17) is 0 Å². The predicted octanol–water partition coefficient (Wildman–Crippen LogP) is 4.07. The Morgan fingerprint density at radius 2 is 1.61 bits per heavy atom. The van der Waals surface area contributed by atoms with Gasteiger partial charge in [0.1, 0.15) is 0 Å². The fraction of sp³-hybridized carbons (Fsp3) is 0.400. The molecular weight excluding hydrogens is 300 g/mol. The van der Waals surface area contributed by atoms with Crippen molar-refractivity contribution in [3.63, 3.8) is 0 Å². The highest BCUT2D eigenvalue weighted by Crippen LogP contribution is 2.42. The molecule has 0 aliphatic carbocycles. The quantitative estimate of drug-likeness (QED) is 0.822. The minimum Gasteiger partial charge on any atom is -0.301 e. The summed E-state index contributed by atoms with van der Waals surface area (Å²) in [6.45, 7) is 8.20. The van der Waals surface area contributed by atoms with Gasteiger partial charge < -0.3 is 4.90 Å². The number of hydrogen-bond donors (Lipinski definition) is 0. The van der Waals surface area contributed by atoms with Crippen LogP contribution in [0.5, 0.6) is 0 Å². The Morgan fingerprint density at radius 3 is 2.39 bits per heavy atom. The maximum absolute atomic E-state index is 2.70. The summed E-state index contributed by atoms with van der Waals surface area (Å²) in [5, 5.41) is 0. The highest BCUT2D eigenvalue weighted by Gasteiger charge is 2.29. The van der Waals surface area contributed by atoms with Crippen LogP contribution in [0.25, 0.3) is 0 Å². The molecule has 1 saturated heterocycles. The summed E-state index contributed by atoms with van der Waals surface area (Å²) in [5.74, 6) is 0. The fourth-order valence-electron chi connectivity index (χ4n) is 3.77. The number of nitrogens with zero attached hydrogens (tertiary/aromatic N) is 2. The van der Waals surface area contributed by atoms with E-state index in [2.05, 4.69) is 65.3 Å². The summed E-state index contributed by atoms with van der Waals surface area (Å²) < 4.78 is 0. The van der Waals surface area contributed by atoms with Crippen LogP contribution in [0.4, 0.5) is 0 Å². The Hall–Kier alpha value is -1.29. The number of rotatable bonds is 2. The number of hydrogen-bond acceptors (Lipinski definition) is 3. The molecule has 0 bridgehead atoms. The van der Waals surface area contributed by atoms with Crippen molar-refractivity contribution in [2.24, 2.45) is 0 Å². The Balaban J connectivity index is 1.68. The molecule has 0 spiro atoms. The molecule has 2 aromatic carbocycles. The smallest absolute Gasteiger partial charge is 0.0401 e. The van der Waals surface area contributed by atoms with Gasteiger partial charge in [0, 0.05) is 42.0 Å². The predicted molar refractivity (Wildman–Crippen MR) is 97.1 cm³/mol. The molecule has 1 unspecified atom stereocenters. The van der Waals surface area contributed by atoms with E-state index in [1.54, 1.807) is 0 Å². The first kappa shape index (κ1) is 15.3. The van der Waals surface area contributed by atoms with Crippen LogP contribution in [0.2, 0.25) is 0 Å². The van der Waals surface area contributed by atoms with Gasteiger partial charge in [-0.1, -0.05) is 55.1 Å². The highest BCUT2D eigenvalue weighted by molar-refractivity contribution is 7.99. The van der Waals surface area contributed by atoms with Gasteiger partial charge in [0.2, 0.25) is 0 Å². The normalized spacial score (nSPS) is 22.2. The lowest BCUT2D eigenvalue weighted by atomic mass is 9.96. The Kier molecular flexibility index (Phi) is 4.43. The summed E-state index contributed by atoms with van der Waals surface area (Å²) in [6, 6.07) is 18.4. The monoisotopic (exact) mass is 324 g/mol. The Labute approximate surface area is 143 Å². The van der Waals surface area contributed by atoms with E-state index in [1.165, 1.54) is 53.6 Å². The van der Waals surface area contributed by atoms with Crippen LogP contribution in [0, 0.1) is 0 Å². The standard InChI is InChI=1S/C20H24N2S/c1-2-21-11-13-22(14-12-21)18-15-16-7-3-5-9-19(16)23-20-10-6-4-8-17(18)20/h3-10,18H,2,11-15H2,1H3. The molecule has 2 heterocycles. The van der Waals surface area contributed by atoms with E-state index < -0.39 is 0 Å². The zero-order valence-corrected chi connectivity index (χ0v) is 14.6. The number of benzene rings is 2. The van der Waals surface area contributed by atoms with Crippen LogP contribution in [-0.2, 0) is 6.42 Å². The summed E-state index contributed by atoms with van der Waals surface area (Å²) in [7, 11) is 0. The van der Waals surface area contributed by atoms with Crippen molar-refractivity contribution in [2.45, 2.75) is 29.2 Å². The van der Waals surface area contributed by atoms with E-state index in [0.29, 0.717) is 6.04 Å². The molecule has 1 atom stereocenters. The fourth-order valence-corrected chi connectivity index (χ4v) is 4.91. The molecule has 4 rings (SSSR count). The van der Waals surface area contributed by atoms with Gasteiger partial charge in [-0.25, -0.2) is 0 Å². The topological polar surface area (TPSA) is 6.48 Å². The lowest BCUT2D eigenvalue weighted by molar-refractivity contribution is 0.0977. The maximum Gasteiger partial charge on any atom is 0.0401 e. The first-order valence-corrected chi connectivity index (χ1v) is 9.48. The third-order valence-corrected chi connectivity index (χ3v) is 6.39. The van der Waals surface area contributed by atoms with Crippen molar-refractivity contribution in [3.8, 4) is 0 Å². The molecule has 120 valence electrons. The van der Waals surface area contributed by atoms with Crippen molar-refractivity contribution in [1.82, 2.24) is 9.80 Å². The maximum atomic E-state index is 2.70. The molecule has 1 fully saturated rings. The molecule has 0 aromatic heterocycles. The summed E-state index contributed by atoms with van der Waals surface area (Å²) in [6.07, 6.45) is 1.13. The van der Waals surface area contributed by atoms with Crippen LogP contribution in [0.15, 0.2) is 58.3 Å². The summed E-state index contributed by atoms with van der Waals surface area (Å²) in [4.78, 5) is 8.12. The van der Waals surface area contributed by atoms with E-state index in [0.717, 1.165) is 6.42 Å². The second kappa shape index (κ2) is 6.68. The van der Waals surface area contributed by atoms with Gasteiger partial charge in [-0.05, 0) is 36.2 Å². The molecule has 2 aliphatic rings. The van der Waals surface area contributed by atoms with Crippen molar-refractivity contribution >= 4 is 11.8 Å². The third kappa shape index (κ3) is 3.06. The molecule has 2 aromatic rings. The SMILES string of the molecule is CCN1CCN(C2Cc3ccccc3Sc3ccccc32)CC1. The van der Waals surface area contributed by atoms with Crippen molar-refractivity contribution in [2.75, 3.05) is 32.7 Å². The first-order valence-electron chi connectivity index (χ1n) is 8.66. The summed E-state index contributed by atoms with van der Waals surface area (Å²) in [5.41, 5.74) is 3.01. The van der Waals surface area contributed by atoms with E-state index in [9.17, 15) is 0 Å². The molecule has 0 amide bonds. The first-order chi connectivity index (χ1) is 11.3. The molecule has 2 aliphatic heterocycles. The highest BCUT2D eigenvalue weighted by atomic mass is 32.2. The second-order valence-corrected chi connectivity index (χ2v) is 7.52. The minimum atomic E-state index is 0.515. The zero-order valence-electron chi connectivity index (χ0n) is 13.7. The van der Waals surface area contributed by atoms with Crippen LogP contribution in [-0.4, -0.2) is 42.5 Å². The largest absolute Gasteiger partial charge is 0.301 e.